The second-order valence-corrected chi connectivity index (χ2v) is 4.44. The van der Waals surface area contributed by atoms with Gasteiger partial charge in [-0.25, -0.2) is 0 Å². The minimum absolute atomic E-state index is 0.201. The van der Waals surface area contributed by atoms with Crippen LogP contribution in [0.1, 0.15) is 24.5 Å². The van der Waals surface area contributed by atoms with Gasteiger partial charge in [0.1, 0.15) is 0 Å². The smallest absolute Gasteiger partial charge is 0.236 e. The first kappa shape index (κ1) is 12.0. The summed E-state index contributed by atoms with van der Waals surface area (Å²) in [4.78, 5) is 18.0. The van der Waals surface area contributed by atoms with E-state index in [9.17, 15) is 4.79 Å². The minimum Gasteiger partial charge on any atom is -0.342 e. The number of nitrogens with zero attached hydrogens (tertiary/aromatic N) is 2. The lowest BCUT2D eigenvalue weighted by atomic mass is 9.93. The van der Waals surface area contributed by atoms with Gasteiger partial charge in [-0.2, -0.15) is 0 Å². The fourth-order valence-corrected chi connectivity index (χ4v) is 2.31. The zero-order chi connectivity index (χ0) is 12.1. The molecule has 0 atom stereocenters. The molecule has 1 aliphatic rings. The molecule has 1 aliphatic heterocycles. The Bertz CT molecular complexity index is 358. The van der Waals surface area contributed by atoms with Crippen molar-refractivity contribution < 1.29 is 4.79 Å². The molecule has 4 nitrogen and oxygen atoms in total. The van der Waals surface area contributed by atoms with Crippen molar-refractivity contribution in [3.05, 3.63) is 30.1 Å². The van der Waals surface area contributed by atoms with E-state index in [4.69, 9.17) is 0 Å². The molecule has 1 saturated heterocycles. The van der Waals surface area contributed by atoms with Gasteiger partial charge in [-0.15, -0.1) is 0 Å². The normalized spacial score (nSPS) is 17.1. The van der Waals surface area contributed by atoms with Gasteiger partial charge in [-0.1, -0.05) is 6.07 Å². The first-order valence-corrected chi connectivity index (χ1v) is 6.14. The SMILES string of the molecule is CNCC(=O)N1CCC(c2ccccn2)CC1. The van der Waals surface area contributed by atoms with Crippen LogP contribution >= 0.6 is 0 Å². The number of amides is 1. The van der Waals surface area contributed by atoms with E-state index < -0.39 is 0 Å². The molecule has 1 N–H and O–H groups in total. The minimum atomic E-state index is 0.201. The topological polar surface area (TPSA) is 45.2 Å². The van der Waals surface area contributed by atoms with Gasteiger partial charge < -0.3 is 10.2 Å². The van der Waals surface area contributed by atoms with Crippen LogP contribution in [0.2, 0.25) is 0 Å². The zero-order valence-electron chi connectivity index (χ0n) is 10.2. The van der Waals surface area contributed by atoms with E-state index in [1.807, 2.05) is 23.2 Å². The molecule has 0 bridgehead atoms. The Morgan fingerprint density at radius 1 is 1.47 bits per heavy atom. The number of hydrogen-bond donors (Lipinski definition) is 1. The van der Waals surface area contributed by atoms with Gasteiger partial charge in [0.15, 0.2) is 0 Å². The van der Waals surface area contributed by atoms with E-state index in [0.717, 1.165) is 31.6 Å². The van der Waals surface area contributed by atoms with Gasteiger partial charge in [0.25, 0.3) is 0 Å². The van der Waals surface area contributed by atoms with Gasteiger partial charge in [0, 0.05) is 30.9 Å². The van der Waals surface area contributed by atoms with Crippen molar-refractivity contribution in [3.8, 4) is 0 Å². The third-order valence-electron chi connectivity index (χ3n) is 3.28. The number of aromatic nitrogens is 1. The number of pyridine rings is 1. The van der Waals surface area contributed by atoms with Gasteiger partial charge in [-0.05, 0) is 32.0 Å². The Morgan fingerprint density at radius 3 is 2.82 bits per heavy atom. The highest BCUT2D eigenvalue weighted by molar-refractivity contribution is 5.78. The summed E-state index contributed by atoms with van der Waals surface area (Å²) in [5.41, 5.74) is 1.16. The molecule has 0 unspecified atom stereocenters. The molecule has 4 heteroatoms. The molecule has 0 spiro atoms. The largest absolute Gasteiger partial charge is 0.342 e. The van der Waals surface area contributed by atoms with Crippen LogP contribution in [0.4, 0.5) is 0 Å². The van der Waals surface area contributed by atoms with E-state index in [1.54, 1.807) is 7.05 Å². The van der Waals surface area contributed by atoms with E-state index >= 15 is 0 Å². The molecule has 0 radical (unpaired) electrons. The molecule has 1 aromatic rings. The summed E-state index contributed by atoms with van der Waals surface area (Å²) in [7, 11) is 1.80. The Balaban J connectivity index is 1.88. The number of hydrogen-bond acceptors (Lipinski definition) is 3. The Kier molecular flexibility index (Phi) is 4.09. The lowest BCUT2D eigenvalue weighted by Crippen LogP contribution is -2.42. The third-order valence-corrected chi connectivity index (χ3v) is 3.28. The first-order chi connectivity index (χ1) is 8.31. The van der Waals surface area contributed by atoms with Crippen LogP contribution < -0.4 is 5.32 Å². The molecule has 2 rings (SSSR count). The number of carbonyl (C=O) groups excluding carboxylic acids is 1. The van der Waals surface area contributed by atoms with E-state index in [-0.39, 0.29) is 5.91 Å². The number of likely N-dealkylation sites (N-methyl/N-ethyl adjacent to an activating group) is 1. The number of nitrogens with one attached hydrogen (secondary N) is 1. The lowest BCUT2D eigenvalue weighted by molar-refractivity contribution is -0.131. The van der Waals surface area contributed by atoms with Gasteiger partial charge >= 0.3 is 0 Å². The highest BCUT2D eigenvalue weighted by Gasteiger charge is 2.23. The van der Waals surface area contributed by atoms with Gasteiger partial charge in [0.2, 0.25) is 5.91 Å². The van der Waals surface area contributed by atoms with Crippen LogP contribution in [0, 0.1) is 0 Å². The number of piperidine rings is 1. The summed E-state index contributed by atoms with van der Waals surface area (Å²) in [6, 6.07) is 6.05. The Hall–Kier alpha value is -1.42. The van der Waals surface area contributed by atoms with Crippen molar-refractivity contribution in [2.45, 2.75) is 18.8 Å². The highest BCUT2D eigenvalue weighted by Crippen LogP contribution is 2.26. The first-order valence-electron chi connectivity index (χ1n) is 6.14. The standard InChI is InChI=1S/C13H19N3O/c1-14-10-13(17)16-8-5-11(6-9-16)12-4-2-3-7-15-12/h2-4,7,11,14H,5-6,8-10H2,1H3. The lowest BCUT2D eigenvalue weighted by Gasteiger charge is -2.31. The Morgan fingerprint density at radius 2 is 2.24 bits per heavy atom. The maximum absolute atomic E-state index is 11.7. The van der Waals surface area contributed by atoms with Crippen LogP contribution in [0.25, 0.3) is 0 Å². The monoisotopic (exact) mass is 233 g/mol. The fourth-order valence-electron chi connectivity index (χ4n) is 2.31. The second-order valence-electron chi connectivity index (χ2n) is 4.44. The summed E-state index contributed by atoms with van der Waals surface area (Å²) in [6.07, 6.45) is 3.88. The van der Waals surface area contributed by atoms with Crippen molar-refractivity contribution >= 4 is 5.91 Å². The Labute approximate surface area is 102 Å². The molecule has 0 aromatic carbocycles. The maximum atomic E-state index is 11.7. The van der Waals surface area contributed by atoms with E-state index in [2.05, 4.69) is 16.4 Å². The van der Waals surface area contributed by atoms with Crippen molar-refractivity contribution in [2.75, 3.05) is 26.7 Å². The summed E-state index contributed by atoms with van der Waals surface area (Å²) in [5, 5.41) is 2.90. The molecular weight excluding hydrogens is 214 g/mol. The van der Waals surface area contributed by atoms with Crippen molar-refractivity contribution in [3.63, 3.8) is 0 Å². The van der Waals surface area contributed by atoms with Crippen LogP contribution in [0.15, 0.2) is 24.4 Å². The average Bonchev–Trinajstić information content (AvgIpc) is 2.40. The summed E-state index contributed by atoms with van der Waals surface area (Å²) in [5.74, 6) is 0.710. The third kappa shape index (κ3) is 3.03. The van der Waals surface area contributed by atoms with E-state index in [1.165, 1.54) is 0 Å². The number of carbonyl (C=O) groups is 1. The predicted octanol–water partition coefficient (Wildman–Crippen LogP) is 1.01. The predicted molar refractivity (Wildman–Crippen MR) is 66.7 cm³/mol. The molecule has 17 heavy (non-hydrogen) atoms. The highest BCUT2D eigenvalue weighted by atomic mass is 16.2. The van der Waals surface area contributed by atoms with Crippen LogP contribution in [-0.2, 0) is 4.79 Å². The van der Waals surface area contributed by atoms with Gasteiger partial charge in [0.05, 0.1) is 6.54 Å². The van der Waals surface area contributed by atoms with Crippen LogP contribution in [-0.4, -0.2) is 42.5 Å². The molecule has 92 valence electrons. The molecule has 1 fully saturated rings. The number of rotatable bonds is 3. The van der Waals surface area contributed by atoms with Crippen molar-refractivity contribution in [1.82, 2.24) is 15.2 Å². The molecule has 2 heterocycles. The van der Waals surface area contributed by atoms with Crippen molar-refractivity contribution in [2.24, 2.45) is 0 Å². The number of likely N-dealkylation sites (tertiary alicyclic amines) is 1. The van der Waals surface area contributed by atoms with Gasteiger partial charge in [-0.3, -0.25) is 9.78 Å². The van der Waals surface area contributed by atoms with E-state index in [0.29, 0.717) is 12.5 Å². The quantitative estimate of drug-likeness (QED) is 0.847. The average molecular weight is 233 g/mol. The fraction of sp³-hybridized carbons (Fsp3) is 0.538. The maximum Gasteiger partial charge on any atom is 0.236 e. The summed E-state index contributed by atoms with van der Waals surface area (Å²) in [6.45, 7) is 2.14. The summed E-state index contributed by atoms with van der Waals surface area (Å²) < 4.78 is 0. The molecular formula is C13H19N3O. The zero-order valence-corrected chi connectivity index (χ0v) is 10.2. The second kappa shape index (κ2) is 5.77. The summed E-state index contributed by atoms with van der Waals surface area (Å²) >= 11 is 0. The molecule has 0 saturated carbocycles. The van der Waals surface area contributed by atoms with Crippen LogP contribution in [0.5, 0.6) is 0 Å². The molecule has 1 aromatic heterocycles. The van der Waals surface area contributed by atoms with Crippen LogP contribution in [0.3, 0.4) is 0 Å². The van der Waals surface area contributed by atoms with Crippen molar-refractivity contribution in [1.29, 1.82) is 0 Å². The molecule has 1 amide bonds. The molecule has 0 aliphatic carbocycles.